The quantitative estimate of drug-likeness (QED) is 0.425. The summed E-state index contributed by atoms with van der Waals surface area (Å²) in [5.74, 6) is -3.40. The van der Waals surface area contributed by atoms with Crippen molar-refractivity contribution in [2.75, 3.05) is 6.54 Å². The van der Waals surface area contributed by atoms with Crippen molar-refractivity contribution >= 4 is 17.8 Å². The van der Waals surface area contributed by atoms with Crippen molar-refractivity contribution in [3.05, 3.63) is 0 Å². The second-order valence-electron chi connectivity index (χ2n) is 3.54. The lowest BCUT2D eigenvalue weighted by molar-refractivity contribution is -0.143. The van der Waals surface area contributed by atoms with Crippen molar-refractivity contribution < 1.29 is 24.6 Å². The van der Waals surface area contributed by atoms with Gasteiger partial charge in [-0.05, 0) is 6.42 Å². The number of carbonyl (C=O) groups excluding carboxylic acids is 1. The zero-order valence-corrected chi connectivity index (χ0v) is 8.97. The molecular formula is C9H16N2O5. The molecule has 0 aliphatic heterocycles. The standard InChI is InChI=1S/C9H16N2O5/c1-5(8(13)14)4-11-6(9(15)16)2-3-7(10)12/h5-6,11H,2-4H2,1H3,(H2,10,12)(H,13,14)(H,15,16)/t5?,6-/m0/s1. The van der Waals surface area contributed by atoms with Gasteiger partial charge in [0.25, 0.3) is 0 Å². The first kappa shape index (κ1) is 14.4. The molecule has 0 aliphatic carbocycles. The molecule has 7 nitrogen and oxygen atoms in total. The number of nitrogens with two attached hydrogens (primary N) is 1. The Morgan fingerprint density at radius 2 is 1.81 bits per heavy atom. The van der Waals surface area contributed by atoms with E-state index in [1.807, 2.05) is 0 Å². The van der Waals surface area contributed by atoms with Crippen LogP contribution < -0.4 is 11.1 Å². The number of carboxylic acids is 2. The molecule has 1 amide bonds. The largest absolute Gasteiger partial charge is 0.481 e. The predicted octanol–water partition coefficient (Wildman–Crippen LogP) is -0.985. The van der Waals surface area contributed by atoms with Gasteiger partial charge < -0.3 is 21.3 Å². The number of hydrogen-bond donors (Lipinski definition) is 4. The van der Waals surface area contributed by atoms with E-state index < -0.39 is 29.8 Å². The molecule has 0 fully saturated rings. The summed E-state index contributed by atoms with van der Waals surface area (Å²) in [4.78, 5) is 31.7. The van der Waals surface area contributed by atoms with Crippen LogP contribution in [0.1, 0.15) is 19.8 Å². The van der Waals surface area contributed by atoms with Crippen LogP contribution >= 0.6 is 0 Å². The molecule has 0 spiro atoms. The number of aliphatic carboxylic acids is 2. The molecule has 0 saturated heterocycles. The van der Waals surface area contributed by atoms with Crippen molar-refractivity contribution in [3.8, 4) is 0 Å². The Labute approximate surface area is 92.6 Å². The number of carboxylic acid groups (broad SMARTS) is 2. The number of amides is 1. The summed E-state index contributed by atoms with van der Waals surface area (Å²) in [5, 5.41) is 19.9. The summed E-state index contributed by atoms with van der Waals surface area (Å²) in [6.07, 6.45) is 0.00241. The molecule has 2 atom stereocenters. The van der Waals surface area contributed by atoms with Gasteiger partial charge in [-0.2, -0.15) is 0 Å². The van der Waals surface area contributed by atoms with Crippen LogP contribution in [-0.2, 0) is 14.4 Å². The minimum atomic E-state index is -1.13. The molecule has 7 heteroatoms. The third-order valence-electron chi connectivity index (χ3n) is 2.07. The molecule has 0 radical (unpaired) electrons. The molecule has 0 aromatic rings. The second kappa shape index (κ2) is 6.78. The van der Waals surface area contributed by atoms with Gasteiger partial charge in [0.05, 0.1) is 5.92 Å². The van der Waals surface area contributed by atoms with Gasteiger partial charge in [-0.3, -0.25) is 14.4 Å². The summed E-state index contributed by atoms with van der Waals surface area (Å²) in [7, 11) is 0. The Kier molecular flexibility index (Phi) is 6.09. The highest BCUT2D eigenvalue weighted by Crippen LogP contribution is 1.99. The molecule has 1 unspecified atom stereocenters. The summed E-state index contributed by atoms with van der Waals surface area (Å²) in [5.41, 5.74) is 4.89. The molecule has 5 N–H and O–H groups in total. The number of primary amides is 1. The van der Waals surface area contributed by atoms with E-state index in [0.29, 0.717) is 0 Å². The van der Waals surface area contributed by atoms with Crippen LogP contribution in [0.25, 0.3) is 0 Å². The van der Waals surface area contributed by atoms with E-state index in [0.717, 1.165) is 0 Å². The van der Waals surface area contributed by atoms with Gasteiger partial charge in [0.2, 0.25) is 5.91 Å². The molecule has 16 heavy (non-hydrogen) atoms. The molecule has 0 aliphatic rings. The Morgan fingerprint density at radius 1 is 1.25 bits per heavy atom. The third-order valence-corrected chi connectivity index (χ3v) is 2.07. The Bertz CT molecular complexity index is 279. The molecule has 0 bridgehead atoms. The molecular weight excluding hydrogens is 216 g/mol. The van der Waals surface area contributed by atoms with Crippen LogP contribution in [0, 0.1) is 5.92 Å². The highest BCUT2D eigenvalue weighted by molar-refractivity contribution is 5.77. The fourth-order valence-electron chi connectivity index (χ4n) is 1.01. The van der Waals surface area contributed by atoms with Crippen LogP contribution in [0.5, 0.6) is 0 Å². The highest BCUT2D eigenvalue weighted by Gasteiger charge is 2.20. The van der Waals surface area contributed by atoms with Crippen molar-refractivity contribution in [2.24, 2.45) is 11.7 Å². The summed E-state index contributed by atoms with van der Waals surface area (Å²) >= 11 is 0. The number of carbonyl (C=O) groups is 3. The summed E-state index contributed by atoms with van der Waals surface area (Å²) in [6, 6.07) is -0.950. The molecule has 92 valence electrons. The van der Waals surface area contributed by atoms with Crippen LogP contribution in [-0.4, -0.2) is 40.6 Å². The fourth-order valence-corrected chi connectivity index (χ4v) is 1.01. The molecule has 0 aromatic heterocycles. The smallest absolute Gasteiger partial charge is 0.320 e. The number of nitrogens with one attached hydrogen (secondary N) is 1. The lowest BCUT2D eigenvalue weighted by Crippen LogP contribution is -2.41. The van der Waals surface area contributed by atoms with Crippen molar-refractivity contribution in [2.45, 2.75) is 25.8 Å². The van der Waals surface area contributed by atoms with E-state index >= 15 is 0 Å². The van der Waals surface area contributed by atoms with E-state index in [2.05, 4.69) is 5.32 Å². The molecule has 0 aromatic carbocycles. The van der Waals surface area contributed by atoms with Gasteiger partial charge in [0.1, 0.15) is 6.04 Å². The average Bonchev–Trinajstić information content (AvgIpc) is 2.15. The zero-order valence-electron chi connectivity index (χ0n) is 8.97. The van der Waals surface area contributed by atoms with Crippen LogP contribution in [0.4, 0.5) is 0 Å². The van der Waals surface area contributed by atoms with Crippen LogP contribution in [0.3, 0.4) is 0 Å². The van der Waals surface area contributed by atoms with E-state index in [-0.39, 0.29) is 19.4 Å². The number of hydrogen-bond acceptors (Lipinski definition) is 4. The fraction of sp³-hybridized carbons (Fsp3) is 0.667. The van der Waals surface area contributed by atoms with Gasteiger partial charge >= 0.3 is 11.9 Å². The molecule has 0 heterocycles. The minimum Gasteiger partial charge on any atom is -0.481 e. The Morgan fingerprint density at radius 3 is 2.19 bits per heavy atom. The second-order valence-corrected chi connectivity index (χ2v) is 3.54. The Hall–Kier alpha value is -1.63. The maximum Gasteiger partial charge on any atom is 0.320 e. The van der Waals surface area contributed by atoms with E-state index in [9.17, 15) is 14.4 Å². The van der Waals surface area contributed by atoms with Crippen LogP contribution in [0.2, 0.25) is 0 Å². The minimum absolute atomic E-state index is 0.0328. The highest BCUT2D eigenvalue weighted by atomic mass is 16.4. The van der Waals surface area contributed by atoms with Gasteiger partial charge in [0, 0.05) is 13.0 Å². The maximum atomic E-state index is 10.7. The van der Waals surface area contributed by atoms with Crippen molar-refractivity contribution in [3.63, 3.8) is 0 Å². The van der Waals surface area contributed by atoms with Crippen molar-refractivity contribution in [1.29, 1.82) is 0 Å². The SMILES string of the molecule is CC(CN[C@@H](CCC(N)=O)C(=O)O)C(=O)O. The predicted molar refractivity (Wildman–Crippen MR) is 54.7 cm³/mol. The third kappa shape index (κ3) is 5.97. The van der Waals surface area contributed by atoms with E-state index in [1.54, 1.807) is 0 Å². The topological polar surface area (TPSA) is 130 Å². The van der Waals surface area contributed by atoms with Gasteiger partial charge in [0.15, 0.2) is 0 Å². The van der Waals surface area contributed by atoms with Crippen molar-refractivity contribution in [1.82, 2.24) is 5.32 Å². The average molecular weight is 232 g/mol. The van der Waals surface area contributed by atoms with E-state index in [1.165, 1.54) is 6.92 Å². The van der Waals surface area contributed by atoms with Gasteiger partial charge in [-0.15, -0.1) is 0 Å². The van der Waals surface area contributed by atoms with Crippen LogP contribution in [0.15, 0.2) is 0 Å². The van der Waals surface area contributed by atoms with Gasteiger partial charge in [-0.1, -0.05) is 6.92 Å². The normalized spacial score (nSPS) is 14.1. The lowest BCUT2D eigenvalue weighted by atomic mass is 10.1. The first-order valence-electron chi connectivity index (χ1n) is 4.82. The maximum absolute atomic E-state index is 10.7. The summed E-state index contributed by atoms with van der Waals surface area (Å²) in [6.45, 7) is 1.49. The zero-order chi connectivity index (χ0) is 12.7. The summed E-state index contributed by atoms with van der Waals surface area (Å²) < 4.78 is 0. The van der Waals surface area contributed by atoms with Gasteiger partial charge in [-0.25, -0.2) is 0 Å². The molecule has 0 saturated carbocycles. The lowest BCUT2D eigenvalue weighted by Gasteiger charge is -2.15. The first-order chi connectivity index (χ1) is 7.34. The number of rotatable bonds is 8. The molecule has 0 rings (SSSR count). The van der Waals surface area contributed by atoms with E-state index in [4.69, 9.17) is 15.9 Å². The first-order valence-corrected chi connectivity index (χ1v) is 4.82. The monoisotopic (exact) mass is 232 g/mol. The Balaban J connectivity index is 4.09.